The zero-order valence-electron chi connectivity index (χ0n) is 12.8. The number of hydrogen-bond acceptors (Lipinski definition) is 4. The molecule has 0 unspecified atom stereocenters. The molecule has 23 heavy (non-hydrogen) atoms. The number of anilines is 1. The Labute approximate surface area is 142 Å². The molecule has 1 amide bonds. The lowest BCUT2D eigenvalue weighted by Gasteiger charge is -2.08. The van der Waals surface area contributed by atoms with Gasteiger partial charge in [-0.25, -0.2) is 4.79 Å². The second-order valence-electron chi connectivity index (χ2n) is 4.84. The minimum Gasteiger partial charge on any atom is -0.496 e. The van der Waals surface area contributed by atoms with Crippen molar-refractivity contribution in [2.24, 2.45) is 0 Å². The Morgan fingerprint density at radius 2 is 1.96 bits per heavy atom. The van der Waals surface area contributed by atoms with Crippen LogP contribution in [0.1, 0.15) is 15.9 Å². The van der Waals surface area contributed by atoms with E-state index in [1.807, 2.05) is 25.1 Å². The average molecular weight is 378 g/mol. The Balaban J connectivity index is 1.91. The molecular formula is C17H16BrNO4. The summed E-state index contributed by atoms with van der Waals surface area (Å²) in [5.41, 5.74) is 2.03. The third-order valence-corrected chi connectivity index (χ3v) is 3.64. The van der Waals surface area contributed by atoms with Crippen molar-refractivity contribution in [2.75, 3.05) is 19.0 Å². The third kappa shape index (κ3) is 4.82. The van der Waals surface area contributed by atoms with Crippen LogP contribution in [-0.2, 0) is 9.53 Å². The second-order valence-corrected chi connectivity index (χ2v) is 5.70. The van der Waals surface area contributed by atoms with E-state index < -0.39 is 11.9 Å². The number of hydrogen-bond donors (Lipinski definition) is 1. The smallest absolute Gasteiger partial charge is 0.338 e. The van der Waals surface area contributed by atoms with Crippen LogP contribution >= 0.6 is 15.9 Å². The first-order chi connectivity index (χ1) is 11.0. The van der Waals surface area contributed by atoms with Gasteiger partial charge in [0.25, 0.3) is 5.91 Å². The first kappa shape index (κ1) is 17.0. The van der Waals surface area contributed by atoms with Crippen LogP contribution in [0, 0.1) is 6.92 Å². The van der Waals surface area contributed by atoms with Gasteiger partial charge < -0.3 is 14.8 Å². The van der Waals surface area contributed by atoms with Gasteiger partial charge in [0.2, 0.25) is 0 Å². The Bertz CT molecular complexity index is 730. The van der Waals surface area contributed by atoms with E-state index in [0.29, 0.717) is 21.5 Å². The standard InChI is InChI=1S/C17H16BrNO4/c1-11-4-3-5-13(8-11)19-16(20)10-23-17(21)12-6-7-15(22-2)14(18)9-12/h3-9H,10H2,1-2H3,(H,19,20). The van der Waals surface area contributed by atoms with Crippen molar-refractivity contribution in [1.82, 2.24) is 0 Å². The molecule has 0 aliphatic rings. The maximum atomic E-state index is 11.9. The van der Waals surface area contributed by atoms with Gasteiger partial charge in [-0.1, -0.05) is 12.1 Å². The fourth-order valence-electron chi connectivity index (χ4n) is 1.93. The van der Waals surface area contributed by atoms with Crippen molar-refractivity contribution in [3.63, 3.8) is 0 Å². The molecule has 2 aromatic carbocycles. The molecule has 0 bridgehead atoms. The maximum Gasteiger partial charge on any atom is 0.338 e. The van der Waals surface area contributed by atoms with Crippen LogP contribution in [0.15, 0.2) is 46.9 Å². The van der Waals surface area contributed by atoms with Crippen LogP contribution in [0.2, 0.25) is 0 Å². The zero-order chi connectivity index (χ0) is 16.8. The van der Waals surface area contributed by atoms with Gasteiger partial charge in [-0.2, -0.15) is 0 Å². The van der Waals surface area contributed by atoms with Gasteiger partial charge in [0.15, 0.2) is 6.61 Å². The molecule has 5 nitrogen and oxygen atoms in total. The van der Waals surface area contributed by atoms with Crippen molar-refractivity contribution in [1.29, 1.82) is 0 Å². The first-order valence-corrected chi connectivity index (χ1v) is 7.66. The van der Waals surface area contributed by atoms with Crippen LogP contribution in [-0.4, -0.2) is 25.6 Å². The summed E-state index contributed by atoms with van der Waals surface area (Å²) in [5, 5.41) is 2.67. The fourth-order valence-corrected chi connectivity index (χ4v) is 2.47. The quantitative estimate of drug-likeness (QED) is 0.809. The molecular weight excluding hydrogens is 362 g/mol. The van der Waals surface area contributed by atoms with Crippen LogP contribution in [0.25, 0.3) is 0 Å². The molecule has 2 rings (SSSR count). The molecule has 1 N–H and O–H groups in total. The zero-order valence-corrected chi connectivity index (χ0v) is 14.3. The molecule has 120 valence electrons. The van der Waals surface area contributed by atoms with Gasteiger partial charge in [-0.3, -0.25) is 4.79 Å². The largest absolute Gasteiger partial charge is 0.496 e. The van der Waals surface area contributed by atoms with E-state index >= 15 is 0 Å². The lowest BCUT2D eigenvalue weighted by atomic mass is 10.2. The summed E-state index contributed by atoms with van der Waals surface area (Å²) in [6.07, 6.45) is 0. The number of aryl methyl sites for hydroxylation is 1. The first-order valence-electron chi connectivity index (χ1n) is 6.87. The molecule has 2 aromatic rings. The number of amides is 1. The Morgan fingerprint density at radius 1 is 1.17 bits per heavy atom. The van der Waals surface area contributed by atoms with Crippen LogP contribution < -0.4 is 10.1 Å². The monoisotopic (exact) mass is 377 g/mol. The number of halogens is 1. The predicted octanol–water partition coefficient (Wildman–Crippen LogP) is 3.56. The lowest BCUT2D eigenvalue weighted by Crippen LogP contribution is -2.21. The van der Waals surface area contributed by atoms with E-state index in [4.69, 9.17) is 9.47 Å². The summed E-state index contributed by atoms with van der Waals surface area (Å²) in [6, 6.07) is 12.2. The van der Waals surface area contributed by atoms with Gasteiger partial charge in [-0.05, 0) is 58.7 Å². The highest BCUT2D eigenvalue weighted by molar-refractivity contribution is 9.10. The highest BCUT2D eigenvalue weighted by Crippen LogP contribution is 2.25. The van der Waals surface area contributed by atoms with Gasteiger partial charge in [0, 0.05) is 5.69 Å². The number of methoxy groups -OCH3 is 1. The molecule has 0 fully saturated rings. The number of benzene rings is 2. The van der Waals surface area contributed by atoms with E-state index in [1.54, 1.807) is 24.3 Å². The second kappa shape index (κ2) is 7.78. The third-order valence-electron chi connectivity index (χ3n) is 3.02. The summed E-state index contributed by atoms with van der Waals surface area (Å²) < 4.78 is 10.7. The summed E-state index contributed by atoms with van der Waals surface area (Å²) in [4.78, 5) is 23.8. The minimum atomic E-state index is -0.576. The van der Waals surface area contributed by atoms with Crippen LogP contribution in [0.5, 0.6) is 5.75 Å². The van der Waals surface area contributed by atoms with Crippen molar-refractivity contribution in [2.45, 2.75) is 6.92 Å². The molecule has 0 heterocycles. The van der Waals surface area contributed by atoms with Gasteiger partial charge in [0.05, 0.1) is 17.1 Å². The highest BCUT2D eigenvalue weighted by Gasteiger charge is 2.12. The van der Waals surface area contributed by atoms with Crippen LogP contribution in [0.4, 0.5) is 5.69 Å². The van der Waals surface area contributed by atoms with Crippen molar-refractivity contribution >= 4 is 33.5 Å². The summed E-state index contributed by atoms with van der Waals surface area (Å²) in [5.74, 6) is -0.358. The van der Waals surface area contributed by atoms with E-state index in [2.05, 4.69) is 21.2 Å². The average Bonchev–Trinajstić information content (AvgIpc) is 2.52. The van der Waals surface area contributed by atoms with Gasteiger partial charge in [-0.15, -0.1) is 0 Å². The predicted molar refractivity (Wildman–Crippen MR) is 90.8 cm³/mol. The molecule has 0 aromatic heterocycles. The van der Waals surface area contributed by atoms with Crippen LogP contribution in [0.3, 0.4) is 0 Å². The number of carbonyl (C=O) groups is 2. The van der Waals surface area contributed by atoms with Gasteiger partial charge in [0.1, 0.15) is 5.75 Å². The summed E-state index contributed by atoms with van der Waals surface area (Å²) in [7, 11) is 1.54. The van der Waals surface area contributed by atoms with E-state index in [0.717, 1.165) is 5.56 Å². The number of ether oxygens (including phenoxy) is 2. The van der Waals surface area contributed by atoms with Gasteiger partial charge >= 0.3 is 5.97 Å². The fraction of sp³-hybridized carbons (Fsp3) is 0.176. The molecule has 0 spiro atoms. The van der Waals surface area contributed by atoms with Crippen molar-refractivity contribution in [3.05, 3.63) is 58.1 Å². The van der Waals surface area contributed by atoms with E-state index in [-0.39, 0.29) is 6.61 Å². The molecule has 0 aliphatic heterocycles. The molecule has 0 radical (unpaired) electrons. The SMILES string of the molecule is COc1ccc(C(=O)OCC(=O)Nc2cccc(C)c2)cc1Br. The Kier molecular flexibility index (Phi) is 5.76. The topological polar surface area (TPSA) is 64.6 Å². The lowest BCUT2D eigenvalue weighted by molar-refractivity contribution is -0.119. The minimum absolute atomic E-state index is 0.334. The van der Waals surface area contributed by atoms with E-state index in [1.165, 1.54) is 7.11 Å². The molecule has 0 saturated heterocycles. The molecule has 0 saturated carbocycles. The Morgan fingerprint density at radius 3 is 2.61 bits per heavy atom. The summed E-state index contributed by atoms with van der Waals surface area (Å²) >= 11 is 3.29. The molecule has 6 heteroatoms. The maximum absolute atomic E-state index is 11.9. The molecule has 0 atom stereocenters. The number of nitrogens with one attached hydrogen (secondary N) is 1. The van der Waals surface area contributed by atoms with Crippen molar-refractivity contribution < 1.29 is 19.1 Å². The normalized spacial score (nSPS) is 10.0. The summed E-state index contributed by atoms with van der Waals surface area (Å²) in [6.45, 7) is 1.58. The number of rotatable bonds is 5. The van der Waals surface area contributed by atoms with Crippen molar-refractivity contribution in [3.8, 4) is 5.75 Å². The number of esters is 1. The Hall–Kier alpha value is -2.34. The highest BCUT2D eigenvalue weighted by atomic mass is 79.9. The van der Waals surface area contributed by atoms with E-state index in [9.17, 15) is 9.59 Å². The number of carbonyl (C=O) groups excluding carboxylic acids is 2. The molecule has 0 aliphatic carbocycles.